The summed E-state index contributed by atoms with van der Waals surface area (Å²) < 4.78 is 16.3. The molecule has 0 aromatic heterocycles. The Labute approximate surface area is 228 Å². The fourth-order valence-corrected chi connectivity index (χ4v) is 5.79. The fourth-order valence-electron chi connectivity index (χ4n) is 5.14. The fraction of sp³-hybridized carbons (Fsp3) is 0.966. The quantitative estimate of drug-likeness (QED) is 0.0567. The first-order valence-corrected chi connectivity index (χ1v) is 16.9. The van der Waals surface area contributed by atoms with Crippen molar-refractivity contribution in [3.05, 3.63) is 0 Å². The van der Waals surface area contributed by atoms with Crippen LogP contribution >= 0.6 is 7.82 Å². The number of phosphoric ester groups is 1. The van der Waals surface area contributed by atoms with Crippen molar-refractivity contribution in [2.24, 2.45) is 5.73 Å². The van der Waals surface area contributed by atoms with Crippen LogP contribution in [0.2, 0.25) is 0 Å². The van der Waals surface area contributed by atoms with Gasteiger partial charge >= 0.3 is 13.8 Å². The third kappa shape index (κ3) is 23.2. The number of carbonyl (C=O) groups is 1. The van der Waals surface area contributed by atoms with Crippen LogP contribution in [-0.2, 0) is 13.9 Å². The van der Waals surface area contributed by atoms with E-state index in [1.165, 1.54) is 109 Å². The largest absolute Gasteiger partial charge is 0.481 e. The van der Waals surface area contributed by atoms with Crippen LogP contribution in [-0.4, -0.2) is 32.5 Å². The molecule has 0 radical (unpaired) electrons. The maximum atomic E-state index is 11.4. The summed E-state index contributed by atoms with van der Waals surface area (Å²) >= 11 is 0. The van der Waals surface area contributed by atoms with E-state index >= 15 is 0 Å². The van der Waals surface area contributed by atoms with Gasteiger partial charge in [-0.15, -0.1) is 0 Å². The molecule has 0 fully saturated rings. The number of hydrogen-bond donors (Lipinski definition) is 4. The van der Waals surface area contributed by atoms with Crippen molar-refractivity contribution in [2.75, 3.05) is 0 Å². The molecule has 0 saturated carbocycles. The summed E-state index contributed by atoms with van der Waals surface area (Å²) in [6.45, 7) is 4.13. The Morgan fingerprint density at radius 2 is 1.08 bits per heavy atom. The summed E-state index contributed by atoms with van der Waals surface area (Å²) in [5.74, 6) is -1.03. The standard InChI is InChI=1S/C29H60NO6P/c1-3-5-6-7-8-9-10-11-12-13-14-15-16-17-18-19-20-21-22-23-26-29(30,4-2)27(24-25-28(31)32)36-37(33,34)35/h27H,3-26,30H2,1-2H3,(H,31,32)(H2,33,34,35). The number of rotatable bonds is 28. The zero-order valence-electron chi connectivity index (χ0n) is 24.1. The number of unbranched alkanes of at least 4 members (excludes halogenated alkanes) is 19. The Balaban J connectivity index is 3.74. The van der Waals surface area contributed by atoms with Crippen LogP contribution in [0.3, 0.4) is 0 Å². The van der Waals surface area contributed by atoms with Gasteiger partial charge in [-0.05, 0) is 19.3 Å². The van der Waals surface area contributed by atoms with Crippen LogP contribution in [0.1, 0.15) is 168 Å². The molecule has 7 nitrogen and oxygen atoms in total. The van der Waals surface area contributed by atoms with Crippen molar-refractivity contribution in [1.29, 1.82) is 0 Å². The normalized spacial score (nSPS) is 14.5. The molecule has 5 N–H and O–H groups in total. The molecule has 0 amide bonds. The average Bonchev–Trinajstić information content (AvgIpc) is 2.84. The first-order valence-electron chi connectivity index (χ1n) is 15.4. The van der Waals surface area contributed by atoms with Gasteiger partial charge in [0.05, 0.1) is 6.10 Å². The Hall–Kier alpha value is -0.460. The molecule has 2 unspecified atom stereocenters. The van der Waals surface area contributed by atoms with E-state index in [0.717, 1.165) is 19.3 Å². The monoisotopic (exact) mass is 549 g/mol. The number of nitrogens with two attached hydrogens (primary N) is 1. The van der Waals surface area contributed by atoms with Gasteiger partial charge in [0.1, 0.15) is 0 Å². The SMILES string of the molecule is CCCCCCCCCCCCCCCCCCCCCCC(N)(CC)C(CCC(=O)O)OP(=O)(O)O. The lowest BCUT2D eigenvalue weighted by Crippen LogP contribution is -2.51. The smallest absolute Gasteiger partial charge is 0.469 e. The summed E-state index contributed by atoms with van der Waals surface area (Å²) in [5.41, 5.74) is 5.51. The van der Waals surface area contributed by atoms with Crippen LogP contribution in [0.5, 0.6) is 0 Å². The second kappa shape index (κ2) is 23.4. The van der Waals surface area contributed by atoms with Gasteiger partial charge in [-0.3, -0.25) is 9.32 Å². The molecule has 2 atom stereocenters. The van der Waals surface area contributed by atoms with Gasteiger partial charge in [0.2, 0.25) is 0 Å². The first-order chi connectivity index (χ1) is 17.6. The highest BCUT2D eigenvalue weighted by atomic mass is 31.2. The molecule has 0 aromatic carbocycles. The van der Waals surface area contributed by atoms with Crippen molar-refractivity contribution in [3.8, 4) is 0 Å². The predicted molar refractivity (Wildman–Crippen MR) is 154 cm³/mol. The van der Waals surface area contributed by atoms with Gasteiger partial charge in [-0.25, -0.2) is 4.57 Å². The van der Waals surface area contributed by atoms with Crippen LogP contribution in [0.25, 0.3) is 0 Å². The van der Waals surface area contributed by atoms with Gasteiger partial charge in [0.25, 0.3) is 0 Å². The lowest BCUT2D eigenvalue weighted by molar-refractivity contribution is -0.137. The van der Waals surface area contributed by atoms with E-state index in [1.54, 1.807) is 0 Å². The molecule has 0 aliphatic heterocycles. The van der Waals surface area contributed by atoms with Gasteiger partial charge in [-0.1, -0.05) is 142 Å². The van der Waals surface area contributed by atoms with E-state index in [4.69, 9.17) is 15.4 Å². The molecule has 0 heterocycles. The van der Waals surface area contributed by atoms with Crippen LogP contribution in [0.15, 0.2) is 0 Å². The van der Waals surface area contributed by atoms with Crippen molar-refractivity contribution >= 4 is 13.8 Å². The second-order valence-electron chi connectivity index (χ2n) is 11.1. The van der Waals surface area contributed by atoms with E-state index in [1.807, 2.05) is 6.92 Å². The van der Waals surface area contributed by atoms with Gasteiger partial charge < -0.3 is 20.6 Å². The second-order valence-corrected chi connectivity index (χ2v) is 12.3. The summed E-state index contributed by atoms with van der Waals surface area (Å²) in [7, 11) is -4.74. The molecule has 0 bridgehead atoms. The highest BCUT2D eigenvalue weighted by Gasteiger charge is 2.38. The third-order valence-electron chi connectivity index (χ3n) is 7.68. The van der Waals surface area contributed by atoms with E-state index in [0.29, 0.717) is 12.8 Å². The predicted octanol–water partition coefficient (Wildman–Crippen LogP) is 8.65. The number of hydrogen-bond acceptors (Lipinski definition) is 4. The Kier molecular flexibility index (Phi) is 23.1. The molecule has 0 rings (SSSR count). The number of phosphoric acid groups is 1. The van der Waals surface area contributed by atoms with Crippen molar-refractivity contribution in [3.63, 3.8) is 0 Å². The Morgan fingerprint density at radius 3 is 1.38 bits per heavy atom. The summed E-state index contributed by atoms with van der Waals surface area (Å²) in [6.07, 6.45) is 26.0. The summed E-state index contributed by atoms with van der Waals surface area (Å²) in [4.78, 5) is 29.4. The topological polar surface area (TPSA) is 130 Å². The number of carboxylic acids is 1. The summed E-state index contributed by atoms with van der Waals surface area (Å²) in [5, 5.41) is 8.96. The summed E-state index contributed by atoms with van der Waals surface area (Å²) in [6, 6.07) is 0. The van der Waals surface area contributed by atoms with E-state index in [2.05, 4.69) is 6.92 Å². The van der Waals surface area contributed by atoms with Crippen LogP contribution in [0.4, 0.5) is 0 Å². The van der Waals surface area contributed by atoms with Crippen molar-refractivity contribution in [1.82, 2.24) is 0 Å². The molecule has 0 aliphatic carbocycles. The molecule has 0 aliphatic rings. The maximum absolute atomic E-state index is 11.4. The minimum atomic E-state index is -4.74. The molecule has 0 aromatic rings. The van der Waals surface area contributed by atoms with Gasteiger partial charge in [0.15, 0.2) is 0 Å². The van der Waals surface area contributed by atoms with Crippen LogP contribution < -0.4 is 5.73 Å². The zero-order valence-corrected chi connectivity index (χ0v) is 25.0. The first kappa shape index (κ1) is 36.5. The Morgan fingerprint density at radius 1 is 0.730 bits per heavy atom. The molecule has 0 saturated heterocycles. The van der Waals surface area contributed by atoms with Crippen molar-refractivity contribution < 1.29 is 28.8 Å². The van der Waals surface area contributed by atoms with Crippen LogP contribution in [0, 0.1) is 0 Å². The third-order valence-corrected chi connectivity index (χ3v) is 8.21. The molecular formula is C29H60NO6P. The van der Waals surface area contributed by atoms with Gasteiger partial charge in [0, 0.05) is 12.0 Å². The highest BCUT2D eigenvalue weighted by molar-refractivity contribution is 7.46. The molecular weight excluding hydrogens is 489 g/mol. The lowest BCUT2D eigenvalue weighted by Gasteiger charge is -2.36. The minimum absolute atomic E-state index is 0.00994. The van der Waals surface area contributed by atoms with Gasteiger partial charge in [-0.2, -0.15) is 0 Å². The lowest BCUT2D eigenvalue weighted by atomic mass is 9.83. The number of aliphatic carboxylic acids is 1. The molecule has 37 heavy (non-hydrogen) atoms. The van der Waals surface area contributed by atoms with Crippen molar-refractivity contribution in [2.45, 2.75) is 180 Å². The molecule has 8 heteroatoms. The van der Waals surface area contributed by atoms with E-state index in [-0.39, 0.29) is 12.8 Å². The zero-order chi connectivity index (χ0) is 27.8. The highest BCUT2D eigenvalue weighted by Crippen LogP contribution is 2.42. The average molecular weight is 550 g/mol. The maximum Gasteiger partial charge on any atom is 0.469 e. The number of carboxylic acid groups (broad SMARTS) is 1. The molecule has 0 spiro atoms. The molecule has 222 valence electrons. The Bertz CT molecular complexity index is 585. The van der Waals surface area contributed by atoms with E-state index in [9.17, 15) is 19.1 Å². The van der Waals surface area contributed by atoms with E-state index < -0.39 is 25.4 Å². The minimum Gasteiger partial charge on any atom is -0.481 e.